The van der Waals surface area contributed by atoms with Crippen molar-refractivity contribution in [3.8, 4) is 5.75 Å². The minimum Gasteiger partial charge on any atom is -0.494 e. The summed E-state index contributed by atoms with van der Waals surface area (Å²) in [4.78, 5) is 23.0. The number of nitrogens with one attached hydrogen (secondary N) is 1. The number of carboxylic acid groups (broad SMARTS) is 1. The number of benzene rings is 1. The van der Waals surface area contributed by atoms with Crippen molar-refractivity contribution in [2.75, 3.05) is 18.6 Å². The van der Waals surface area contributed by atoms with E-state index in [1.54, 1.807) is 6.92 Å². The molecular weight excluding hydrogens is 329 g/mol. The molecule has 0 fully saturated rings. The molecule has 1 rings (SSSR count). The Morgan fingerprint density at radius 3 is 2.52 bits per heavy atom. The van der Waals surface area contributed by atoms with E-state index in [0.29, 0.717) is 6.42 Å². The van der Waals surface area contributed by atoms with Crippen molar-refractivity contribution < 1.29 is 32.2 Å². The molecule has 0 aliphatic heterocycles. The predicted octanol–water partition coefficient (Wildman–Crippen LogP) is 0.901. The van der Waals surface area contributed by atoms with Gasteiger partial charge >= 0.3 is 5.97 Å². The Hall–Kier alpha value is -2.16. The zero-order chi connectivity index (χ0) is 17.6. The monoisotopic (exact) mass is 347 g/mol. The largest absolute Gasteiger partial charge is 0.494 e. The topological polar surface area (TPSA) is 110 Å². The maximum absolute atomic E-state index is 13.7. The van der Waals surface area contributed by atoms with Crippen LogP contribution in [0.2, 0.25) is 0 Å². The Kier molecular flexibility index (Phi) is 6.49. The van der Waals surface area contributed by atoms with E-state index >= 15 is 0 Å². The molecule has 23 heavy (non-hydrogen) atoms. The zero-order valence-corrected chi connectivity index (χ0v) is 13.5. The van der Waals surface area contributed by atoms with E-state index in [1.807, 2.05) is 0 Å². The van der Waals surface area contributed by atoms with Gasteiger partial charge in [0.15, 0.2) is 27.4 Å². The highest BCUT2D eigenvalue weighted by Gasteiger charge is 2.25. The van der Waals surface area contributed by atoms with Crippen molar-refractivity contribution in [2.45, 2.75) is 19.4 Å². The summed E-state index contributed by atoms with van der Waals surface area (Å²) in [6.45, 7) is 1.65. The summed E-state index contributed by atoms with van der Waals surface area (Å²) in [7, 11) is -2.35. The summed E-state index contributed by atoms with van der Waals surface area (Å²) in [6, 6.07) is 1.86. The Balaban J connectivity index is 2.94. The molecule has 9 heteroatoms. The third kappa shape index (κ3) is 5.51. The van der Waals surface area contributed by atoms with E-state index in [0.717, 1.165) is 6.07 Å². The maximum Gasteiger partial charge on any atom is 0.330 e. The van der Waals surface area contributed by atoms with Gasteiger partial charge in [0, 0.05) is 0 Å². The van der Waals surface area contributed by atoms with Crippen LogP contribution in [0.1, 0.15) is 24.9 Å². The van der Waals surface area contributed by atoms with Gasteiger partial charge in [-0.1, -0.05) is 13.0 Å². The number of sulfone groups is 1. The fourth-order valence-electron chi connectivity index (χ4n) is 1.94. The van der Waals surface area contributed by atoms with Gasteiger partial charge in [-0.2, -0.15) is 0 Å². The van der Waals surface area contributed by atoms with Gasteiger partial charge < -0.3 is 15.2 Å². The van der Waals surface area contributed by atoms with Crippen LogP contribution < -0.4 is 10.1 Å². The molecule has 0 aliphatic carbocycles. The molecule has 1 unspecified atom stereocenters. The molecular formula is C14H18FNO6S. The van der Waals surface area contributed by atoms with Crippen LogP contribution in [-0.2, 0) is 19.4 Å². The van der Waals surface area contributed by atoms with Gasteiger partial charge in [-0.05, 0) is 24.1 Å². The van der Waals surface area contributed by atoms with E-state index in [2.05, 4.69) is 5.32 Å². The molecule has 1 aromatic carbocycles. The number of carbonyl (C=O) groups is 2. The summed E-state index contributed by atoms with van der Waals surface area (Å²) in [6.07, 6.45) is 0.349. The highest BCUT2D eigenvalue weighted by Crippen LogP contribution is 2.22. The average molecular weight is 347 g/mol. The number of ether oxygens (including phenoxy) is 1. The van der Waals surface area contributed by atoms with Crippen LogP contribution in [0.25, 0.3) is 0 Å². The minimum absolute atomic E-state index is 0.0305. The molecule has 0 radical (unpaired) electrons. The first-order chi connectivity index (χ1) is 10.7. The second-order valence-corrected chi connectivity index (χ2v) is 7.01. The number of aliphatic carboxylic acids is 1. The lowest BCUT2D eigenvalue weighted by Crippen LogP contribution is -2.37. The smallest absolute Gasteiger partial charge is 0.330 e. The number of methoxy groups -OCH3 is 1. The SMILES string of the molecule is CCCS(=O)(=O)CC(=O)NC(C(=O)O)c1ccc(OC)c(F)c1. The molecule has 7 nitrogen and oxygen atoms in total. The van der Waals surface area contributed by atoms with Gasteiger partial charge in [-0.15, -0.1) is 0 Å². The normalized spacial score (nSPS) is 12.5. The quantitative estimate of drug-likeness (QED) is 0.723. The summed E-state index contributed by atoms with van der Waals surface area (Å²) >= 11 is 0. The van der Waals surface area contributed by atoms with Crippen molar-refractivity contribution in [3.05, 3.63) is 29.6 Å². The van der Waals surface area contributed by atoms with E-state index in [1.165, 1.54) is 19.2 Å². The maximum atomic E-state index is 13.7. The van der Waals surface area contributed by atoms with Gasteiger partial charge in [-0.3, -0.25) is 4.79 Å². The average Bonchev–Trinajstić information content (AvgIpc) is 2.43. The molecule has 1 amide bonds. The van der Waals surface area contributed by atoms with Crippen molar-refractivity contribution in [3.63, 3.8) is 0 Å². The van der Waals surface area contributed by atoms with Gasteiger partial charge in [0.1, 0.15) is 5.75 Å². The lowest BCUT2D eigenvalue weighted by molar-refractivity contribution is -0.141. The molecule has 0 saturated heterocycles. The molecule has 2 N–H and O–H groups in total. The highest BCUT2D eigenvalue weighted by molar-refractivity contribution is 7.92. The molecule has 128 valence electrons. The third-order valence-corrected chi connectivity index (χ3v) is 4.66. The molecule has 0 aromatic heterocycles. The Morgan fingerprint density at radius 2 is 2.04 bits per heavy atom. The van der Waals surface area contributed by atoms with Crippen molar-refractivity contribution in [2.24, 2.45) is 0 Å². The van der Waals surface area contributed by atoms with Gasteiger partial charge in [0.25, 0.3) is 0 Å². The van der Waals surface area contributed by atoms with Crippen molar-refractivity contribution >= 4 is 21.7 Å². The molecule has 0 bridgehead atoms. The molecule has 1 atom stereocenters. The molecule has 0 heterocycles. The lowest BCUT2D eigenvalue weighted by Gasteiger charge is -2.15. The number of carbonyl (C=O) groups excluding carboxylic acids is 1. The standard InChI is InChI=1S/C14H18FNO6S/c1-3-6-23(20,21)8-12(17)16-13(14(18)19)9-4-5-11(22-2)10(15)7-9/h4-5,7,13H,3,6,8H2,1-2H3,(H,16,17)(H,18,19). The van der Waals surface area contributed by atoms with Crippen LogP contribution in [0, 0.1) is 5.82 Å². The van der Waals surface area contributed by atoms with E-state index < -0.39 is 39.3 Å². The van der Waals surface area contributed by atoms with E-state index in [-0.39, 0.29) is 17.1 Å². The number of halogens is 1. The van der Waals surface area contributed by atoms with Crippen LogP contribution in [0.3, 0.4) is 0 Å². The highest BCUT2D eigenvalue weighted by atomic mass is 32.2. The summed E-state index contributed by atoms with van der Waals surface area (Å²) < 4.78 is 41.5. The first kappa shape index (κ1) is 18.9. The zero-order valence-electron chi connectivity index (χ0n) is 12.7. The number of rotatable bonds is 8. The number of hydrogen-bond donors (Lipinski definition) is 2. The van der Waals surface area contributed by atoms with Gasteiger partial charge in [0.2, 0.25) is 5.91 Å². The van der Waals surface area contributed by atoms with Crippen LogP contribution in [0.4, 0.5) is 4.39 Å². The number of hydrogen-bond acceptors (Lipinski definition) is 5. The molecule has 0 aliphatic rings. The third-order valence-electron chi connectivity index (χ3n) is 2.93. The number of carboxylic acids is 1. The first-order valence-corrected chi connectivity index (χ1v) is 8.58. The minimum atomic E-state index is -3.60. The van der Waals surface area contributed by atoms with Crippen LogP contribution in [0.5, 0.6) is 5.75 Å². The molecule has 0 saturated carbocycles. The predicted molar refractivity (Wildman–Crippen MR) is 80.4 cm³/mol. The van der Waals surface area contributed by atoms with Crippen LogP contribution in [-0.4, -0.2) is 44.0 Å². The van der Waals surface area contributed by atoms with E-state index in [4.69, 9.17) is 4.74 Å². The van der Waals surface area contributed by atoms with Crippen molar-refractivity contribution in [1.29, 1.82) is 0 Å². The van der Waals surface area contributed by atoms with Crippen LogP contribution in [0.15, 0.2) is 18.2 Å². The fraction of sp³-hybridized carbons (Fsp3) is 0.429. The summed E-state index contributed by atoms with van der Waals surface area (Å²) in [5.41, 5.74) is -0.0305. The molecule has 0 spiro atoms. The summed E-state index contributed by atoms with van der Waals surface area (Å²) in [5, 5.41) is 11.3. The van der Waals surface area contributed by atoms with Gasteiger partial charge in [0.05, 0.1) is 12.9 Å². The summed E-state index contributed by atoms with van der Waals surface area (Å²) in [5.74, 6) is -4.24. The lowest BCUT2D eigenvalue weighted by atomic mass is 10.1. The Bertz CT molecular complexity index is 689. The number of amides is 1. The van der Waals surface area contributed by atoms with Crippen molar-refractivity contribution in [1.82, 2.24) is 5.32 Å². The fourth-order valence-corrected chi connectivity index (χ4v) is 3.18. The Morgan fingerprint density at radius 1 is 1.39 bits per heavy atom. The van der Waals surface area contributed by atoms with Crippen LogP contribution >= 0.6 is 0 Å². The molecule has 1 aromatic rings. The Labute approximate surface area is 133 Å². The second kappa shape index (κ2) is 7.91. The van der Waals surface area contributed by atoms with E-state index in [9.17, 15) is 27.5 Å². The second-order valence-electron chi connectivity index (χ2n) is 4.82. The first-order valence-electron chi connectivity index (χ1n) is 6.76. The van der Waals surface area contributed by atoms with Gasteiger partial charge in [-0.25, -0.2) is 17.6 Å².